The third-order valence-electron chi connectivity index (χ3n) is 3.65. The molecule has 1 atom stereocenters. The second-order valence-electron chi connectivity index (χ2n) is 5.25. The van der Waals surface area contributed by atoms with E-state index in [4.69, 9.17) is 5.26 Å². The number of nitrogens with zero attached hydrogens (tertiary/aromatic N) is 4. The molecule has 0 aliphatic carbocycles. The molecule has 2 heterocycles. The van der Waals surface area contributed by atoms with E-state index in [0.717, 1.165) is 30.0 Å². The Labute approximate surface area is 133 Å². The van der Waals surface area contributed by atoms with Crippen molar-refractivity contribution in [3.8, 4) is 6.07 Å². The number of piperidine rings is 1. The van der Waals surface area contributed by atoms with Crippen molar-refractivity contribution in [3.05, 3.63) is 42.2 Å². The van der Waals surface area contributed by atoms with Crippen LogP contribution in [0.4, 0.5) is 5.69 Å². The number of carbonyl (C=O) groups excluding carboxylic acids is 1. The predicted molar refractivity (Wildman–Crippen MR) is 85.6 cm³/mol. The van der Waals surface area contributed by atoms with Crippen molar-refractivity contribution >= 4 is 23.4 Å². The highest BCUT2D eigenvalue weighted by Crippen LogP contribution is 2.32. The number of nitriles is 1. The lowest BCUT2D eigenvalue weighted by molar-refractivity contribution is -0.119. The molecule has 1 unspecified atom stereocenters. The number of anilines is 1. The van der Waals surface area contributed by atoms with E-state index in [-0.39, 0.29) is 11.2 Å². The minimum Gasteiger partial charge on any atom is -0.309 e. The van der Waals surface area contributed by atoms with E-state index in [2.05, 4.69) is 11.2 Å². The van der Waals surface area contributed by atoms with Crippen LogP contribution < -0.4 is 4.90 Å². The average molecular weight is 312 g/mol. The van der Waals surface area contributed by atoms with E-state index in [9.17, 15) is 4.79 Å². The molecule has 0 N–H and O–H groups in total. The number of aromatic nitrogens is 2. The average Bonchev–Trinajstić information content (AvgIpc) is 2.96. The highest BCUT2D eigenvalue weighted by molar-refractivity contribution is 8.00. The molecule has 1 aromatic carbocycles. The molecule has 3 rings (SSSR count). The van der Waals surface area contributed by atoms with Crippen molar-refractivity contribution < 1.29 is 4.79 Å². The highest BCUT2D eigenvalue weighted by Gasteiger charge is 2.30. The van der Waals surface area contributed by atoms with Crippen molar-refractivity contribution in [1.82, 2.24) is 9.78 Å². The highest BCUT2D eigenvalue weighted by atomic mass is 32.2. The maximum absolute atomic E-state index is 12.7. The maximum Gasteiger partial charge on any atom is 0.240 e. The first-order chi connectivity index (χ1) is 10.7. The Morgan fingerprint density at radius 3 is 2.77 bits per heavy atom. The molecule has 0 spiro atoms. The number of amides is 1. The Kier molecular flexibility index (Phi) is 4.16. The van der Waals surface area contributed by atoms with Gasteiger partial charge in [0.1, 0.15) is 0 Å². The van der Waals surface area contributed by atoms with E-state index >= 15 is 0 Å². The second kappa shape index (κ2) is 6.24. The predicted octanol–water partition coefficient (Wildman–Crippen LogP) is 2.58. The van der Waals surface area contributed by atoms with Gasteiger partial charge in [0.25, 0.3) is 0 Å². The molecule has 1 aliphatic heterocycles. The Bertz CT molecular complexity index is 716. The molecule has 0 saturated carbocycles. The molecule has 1 saturated heterocycles. The van der Waals surface area contributed by atoms with Crippen molar-refractivity contribution in [3.63, 3.8) is 0 Å². The smallest absolute Gasteiger partial charge is 0.240 e. The van der Waals surface area contributed by atoms with Crippen molar-refractivity contribution in [1.29, 1.82) is 5.26 Å². The Balaban J connectivity index is 1.73. The molecule has 1 aliphatic rings. The summed E-state index contributed by atoms with van der Waals surface area (Å²) in [6.07, 6.45) is 5.45. The molecule has 6 heteroatoms. The van der Waals surface area contributed by atoms with Crippen LogP contribution in [0.25, 0.3) is 0 Å². The van der Waals surface area contributed by atoms with Crippen LogP contribution in [0.2, 0.25) is 0 Å². The third kappa shape index (κ3) is 3.00. The van der Waals surface area contributed by atoms with Crippen molar-refractivity contribution in [2.24, 2.45) is 7.05 Å². The van der Waals surface area contributed by atoms with Crippen LogP contribution in [-0.2, 0) is 11.8 Å². The van der Waals surface area contributed by atoms with Crippen LogP contribution >= 0.6 is 11.8 Å². The first-order valence-corrected chi connectivity index (χ1v) is 8.02. The van der Waals surface area contributed by atoms with Crippen LogP contribution in [0.15, 0.2) is 41.6 Å². The molecule has 1 aromatic heterocycles. The summed E-state index contributed by atoms with van der Waals surface area (Å²) >= 11 is 1.57. The van der Waals surface area contributed by atoms with Gasteiger partial charge in [0.2, 0.25) is 5.91 Å². The van der Waals surface area contributed by atoms with Crippen LogP contribution in [0.1, 0.15) is 18.4 Å². The lowest BCUT2D eigenvalue weighted by Gasteiger charge is -2.31. The van der Waals surface area contributed by atoms with E-state index in [0.29, 0.717) is 5.56 Å². The molecule has 1 amide bonds. The Morgan fingerprint density at radius 1 is 1.36 bits per heavy atom. The second-order valence-corrected chi connectivity index (χ2v) is 6.52. The van der Waals surface area contributed by atoms with Gasteiger partial charge < -0.3 is 4.90 Å². The Morgan fingerprint density at radius 2 is 2.14 bits per heavy atom. The summed E-state index contributed by atoms with van der Waals surface area (Å²) in [6.45, 7) is 0.745. The van der Waals surface area contributed by atoms with E-state index in [1.54, 1.807) is 34.8 Å². The zero-order chi connectivity index (χ0) is 15.5. The van der Waals surface area contributed by atoms with Crippen LogP contribution in [0, 0.1) is 11.3 Å². The minimum atomic E-state index is -0.0816. The summed E-state index contributed by atoms with van der Waals surface area (Å²) in [4.78, 5) is 15.5. The summed E-state index contributed by atoms with van der Waals surface area (Å²) in [6, 6.07) is 9.48. The number of carbonyl (C=O) groups is 1. The van der Waals surface area contributed by atoms with E-state index < -0.39 is 0 Å². The van der Waals surface area contributed by atoms with Gasteiger partial charge in [0, 0.05) is 24.7 Å². The van der Waals surface area contributed by atoms with Gasteiger partial charge in [0.05, 0.1) is 28.8 Å². The number of rotatable bonds is 3. The van der Waals surface area contributed by atoms with E-state index in [1.807, 2.05) is 30.3 Å². The Hall–Kier alpha value is -2.26. The van der Waals surface area contributed by atoms with Gasteiger partial charge in [-0.25, -0.2) is 0 Å². The first-order valence-electron chi connectivity index (χ1n) is 7.14. The van der Waals surface area contributed by atoms with Gasteiger partial charge in [-0.1, -0.05) is 0 Å². The van der Waals surface area contributed by atoms with Gasteiger partial charge in [-0.3, -0.25) is 9.48 Å². The first kappa shape index (κ1) is 14.7. The lowest BCUT2D eigenvalue weighted by Crippen LogP contribution is -2.42. The maximum atomic E-state index is 12.7. The van der Waals surface area contributed by atoms with Crippen LogP contribution in [0.5, 0.6) is 0 Å². The van der Waals surface area contributed by atoms with Gasteiger partial charge >= 0.3 is 0 Å². The molecular formula is C16H16N4OS. The quantitative estimate of drug-likeness (QED) is 0.874. The monoisotopic (exact) mass is 312 g/mol. The normalized spacial score (nSPS) is 18.3. The standard InChI is InChI=1S/C16H16N4OS/c1-19-11-13(10-18-19)20-8-2-3-15(16(20)21)22-14-6-4-12(9-17)5-7-14/h4-7,10-11,15H,2-3,8H2,1H3. The molecule has 0 radical (unpaired) electrons. The fourth-order valence-corrected chi connectivity index (χ4v) is 3.66. The number of thioether (sulfide) groups is 1. The zero-order valence-corrected chi connectivity index (χ0v) is 13.1. The molecule has 1 fully saturated rings. The molecule has 5 nitrogen and oxygen atoms in total. The van der Waals surface area contributed by atoms with E-state index in [1.165, 1.54) is 0 Å². The molecule has 112 valence electrons. The summed E-state index contributed by atoms with van der Waals surface area (Å²) < 4.78 is 1.71. The lowest BCUT2D eigenvalue weighted by atomic mass is 10.1. The molecule has 2 aromatic rings. The topological polar surface area (TPSA) is 61.9 Å². The molecule has 0 bridgehead atoms. The number of hydrogen-bond acceptors (Lipinski definition) is 4. The zero-order valence-electron chi connectivity index (χ0n) is 12.3. The molecule has 22 heavy (non-hydrogen) atoms. The van der Waals surface area contributed by atoms with Crippen LogP contribution in [0.3, 0.4) is 0 Å². The minimum absolute atomic E-state index is 0.0816. The summed E-state index contributed by atoms with van der Waals surface area (Å²) in [5, 5.41) is 12.9. The third-order valence-corrected chi connectivity index (χ3v) is 4.92. The summed E-state index contributed by atoms with van der Waals surface area (Å²) in [5.41, 5.74) is 1.49. The summed E-state index contributed by atoms with van der Waals surface area (Å²) in [7, 11) is 1.85. The van der Waals surface area contributed by atoms with Crippen LogP contribution in [-0.4, -0.2) is 27.5 Å². The number of benzene rings is 1. The van der Waals surface area contributed by atoms with Gasteiger partial charge in [0.15, 0.2) is 0 Å². The van der Waals surface area contributed by atoms with Gasteiger partial charge in [-0.2, -0.15) is 10.4 Å². The SMILES string of the molecule is Cn1cc(N2CCCC(Sc3ccc(C#N)cc3)C2=O)cn1. The summed E-state index contributed by atoms with van der Waals surface area (Å²) in [5.74, 6) is 0.133. The van der Waals surface area contributed by atoms with Gasteiger partial charge in [-0.05, 0) is 37.1 Å². The number of hydrogen-bond donors (Lipinski definition) is 0. The van der Waals surface area contributed by atoms with Gasteiger partial charge in [-0.15, -0.1) is 11.8 Å². The molecular weight excluding hydrogens is 296 g/mol. The number of aryl methyl sites for hydroxylation is 1. The fourth-order valence-electron chi connectivity index (χ4n) is 2.53. The van der Waals surface area contributed by atoms with Crippen molar-refractivity contribution in [2.45, 2.75) is 23.0 Å². The largest absolute Gasteiger partial charge is 0.309 e. The fraction of sp³-hybridized carbons (Fsp3) is 0.312. The van der Waals surface area contributed by atoms with Crippen molar-refractivity contribution in [2.75, 3.05) is 11.4 Å².